The zero-order chi connectivity index (χ0) is 31.2. The van der Waals surface area contributed by atoms with Crippen molar-refractivity contribution in [3.05, 3.63) is 100 Å². The van der Waals surface area contributed by atoms with Gasteiger partial charge in [-0.05, 0) is 54.0 Å². The molecule has 1 aliphatic rings. The van der Waals surface area contributed by atoms with Crippen LogP contribution in [0.25, 0.3) is 5.57 Å². The van der Waals surface area contributed by atoms with Crippen molar-refractivity contribution in [3.8, 4) is 0 Å². The number of nitro benzene ring substituents is 1. The number of nitrogens with zero attached hydrogens (tertiary/aromatic N) is 2. The Kier molecular flexibility index (Phi) is 9.92. The van der Waals surface area contributed by atoms with Crippen molar-refractivity contribution in [3.63, 3.8) is 0 Å². The van der Waals surface area contributed by atoms with Crippen LogP contribution in [0.5, 0.6) is 0 Å². The number of carbonyl (C=O) groups excluding carboxylic acids is 2. The van der Waals surface area contributed by atoms with Gasteiger partial charge in [-0.1, -0.05) is 57.2 Å². The van der Waals surface area contributed by atoms with E-state index in [1.54, 1.807) is 23.9 Å². The topological polar surface area (TPSA) is 139 Å². The SMILES string of the molecule is CC(C)(C)C(=O)N1CC=C(c2ccc(C(=O)NS(=O)(=O)c3ccc(NCCSc4ccccc4)c([N+](=O)[O-])c3)cc2)CC1. The third-order valence-electron chi connectivity index (χ3n) is 6.79. The maximum absolute atomic E-state index is 13.0. The van der Waals surface area contributed by atoms with Crippen molar-refractivity contribution in [2.45, 2.75) is 37.0 Å². The van der Waals surface area contributed by atoms with Crippen LogP contribution < -0.4 is 10.0 Å². The largest absolute Gasteiger partial charge is 0.379 e. The summed E-state index contributed by atoms with van der Waals surface area (Å²) in [6, 6.07) is 19.7. The molecule has 12 heteroatoms. The molecule has 10 nitrogen and oxygen atoms in total. The van der Waals surface area contributed by atoms with Gasteiger partial charge < -0.3 is 10.2 Å². The van der Waals surface area contributed by atoms with Gasteiger partial charge in [-0.15, -0.1) is 11.8 Å². The fourth-order valence-electron chi connectivity index (χ4n) is 4.52. The molecule has 0 bridgehead atoms. The van der Waals surface area contributed by atoms with Gasteiger partial charge in [0.25, 0.3) is 21.6 Å². The molecule has 3 aromatic carbocycles. The number of thioether (sulfide) groups is 1. The lowest BCUT2D eigenvalue weighted by atomic mass is 9.92. The summed E-state index contributed by atoms with van der Waals surface area (Å²) in [6.07, 6.45) is 2.65. The lowest BCUT2D eigenvalue weighted by Crippen LogP contribution is -2.41. The molecule has 0 atom stereocenters. The predicted octanol–water partition coefficient (Wildman–Crippen LogP) is 5.58. The average Bonchev–Trinajstić information content (AvgIpc) is 2.99. The van der Waals surface area contributed by atoms with Gasteiger partial charge in [-0.25, -0.2) is 13.1 Å². The van der Waals surface area contributed by atoms with Gasteiger partial charge in [0.1, 0.15) is 5.69 Å². The lowest BCUT2D eigenvalue weighted by molar-refractivity contribution is -0.384. The van der Waals surface area contributed by atoms with E-state index in [9.17, 15) is 28.1 Å². The highest BCUT2D eigenvalue weighted by Gasteiger charge is 2.28. The highest BCUT2D eigenvalue weighted by atomic mass is 32.2. The molecule has 0 radical (unpaired) electrons. The third kappa shape index (κ3) is 8.23. The van der Waals surface area contributed by atoms with E-state index in [2.05, 4.69) is 5.32 Å². The van der Waals surface area contributed by atoms with Crippen molar-refractivity contribution in [2.75, 3.05) is 30.7 Å². The zero-order valence-electron chi connectivity index (χ0n) is 24.2. The minimum atomic E-state index is -4.38. The smallest absolute Gasteiger partial charge is 0.293 e. The number of sulfonamides is 1. The number of carbonyl (C=O) groups is 2. The van der Waals surface area contributed by atoms with Gasteiger partial charge in [-0.2, -0.15) is 0 Å². The van der Waals surface area contributed by atoms with Gasteiger partial charge in [-0.3, -0.25) is 19.7 Å². The Hall–Kier alpha value is -4.16. The number of hydrogen-bond donors (Lipinski definition) is 2. The van der Waals surface area contributed by atoms with E-state index in [0.29, 0.717) is 31.8 Å². The van der Waals surface area contributed by atoms with Crippen LogP contribution >= 0.6 is 11.8 Å². The van der Waals surface area contributed by atoms with Gasteiger partial charge in [0.2, 0.25) is 5.91 Å². The maximum atomic E-state index is 13.0. The van der Waals surface area contributed by atoms with Gasteiger partial charge in [0.15, 0.2) is 0 Å². The van der Waals surface area contributed by atoms with Gasteiger partial charge >= 0.3 is 0 Å². The highest BCUT2D eigenvalue weighted by Crippen LogP contribution is 2.29. The Morgan fingerprint density at radius 2 is 1.72 bits per heavy atom. The second kappa shape index (κ2) is 13.4. The van der Waals surface area contributed by atoms with Crippen molar-refractivity contribution >= 4 is 50.5 Å². The van der Waals surface area contributed by atoms with Crippen LogP contribution in [-0.4, -0.2) is 55.4 Å². The first-order valence-electron chi connectivity index (χ1n) is 13.7. The van der Waals surface area contributed by atoms with Crippen molar-refractivity contribution in [1.82, 2.24) is 9.62 Å². The molecule has 43 heavy (non-hydrogen) atoms. The van der Waals surface area contributed by atoms with Crippen LogP contribution in [0, 0.1) is 15.5 Å². The molecule has 1 heterocycles. The lowest BCUT2D eigenvalue weighted by Gasteiger charge is -2.32. The molecule has 2 amide bonds. The minimum absolute atomic E-state index is 0.0881. The third-order valence-corrected chi connectivity index (χ3v) is 9.13. The Labute approximate surface area is 255 Å². The first-order valence-corrected chi connectivity index (χ1v) is 16.2. The van der Waals surface area contributed by atoms with Crippen molar-refractivity contribution in [1.29, 1.82) is 0 Å². The summed E-state index contributed by atoms with van der Waals surface area (Å²) in [5.74, 6) is -0.123. The predicted molar refractivity (Wildman–Crippen MR) is 168 cm³/mol. The molecule has 0 aromatic heterocycles. The van der Waals surface area contributed by atoms with Crippen LogP contribution in [0.15, 0.2) is 88.7 Å². The zero-order valence-corrected chi connectivity index (χ0v) is 25.8. The highest BCUT2D eigenvalue weighted by molar-refractivity contribution is 7.99. The van der Waals surface area contributed by atoms with E-state index < -0.39 is 36.9 Å². The molecule has 0 fully saturated rings. The molecule has 2 N–H and O–H groups in total. The fraction of sp³-hybridized carbons (Fsp3) is 0.290. The number of anilines is 1. The summed E-state index contributed by atoms with van der Waals surface area (Å²) in [5.41, 5.74) is 1.36. The monoisotopic (exact) mass is 622 g/mol. The quantitative estimate of drug-likeness (QED) is 0.129. The molecule has 0 aliphatic carbocycles. The number of amides is 2. The van der Waals surface area contributed by atoms with E-state index >= 15 is 0 Å². The fourth-order valence-corrected chi connectivity index (χ4v) is 6.30. The van der Waals surface area contributed by atoms with E-state index in [4.69, 9.17) is 0 Å². The van der Waals surface area contributed by atoms with Crippen molar-refractivity contribution in [2.24, 2.45) is 5.41 Å². The van der Waals surface area contributed by atoms with Crippen LogP contribution in [-0.2, 0) is 14.8 Å². The Morgan fingerprint density at radius 3 is 2.33 bits per heavy atom. The number of nitrogens with one attached hydrogen (secondary N) is 2. The second-order valence-corrected chi connectivity index (χ2v) is 13.9. The normalized spacial score (nSPS) is 13.7. The summed E-state index contributed by atoms with van der Waals surface area (Å²) >= 11 is 1.58. The molecule has 3 aromatic rings. The van der Waals surface area contributed by atoms with E-state index in [0.717, 1.165) is 22.1 Å². The van der Waals surface area contributed by atoms with Crippen LogP contribution in [0.3, 0.4) is 0 Å². The van der Waals surface area contributed by atoms with E-state index in [1.807, 2.05) is 66.8 Å². The number of rotatable bonds is 10. The molecule has 226 valence electrons. The Balaban J connectivity index is 1.38. The van der Waals surface area contributed by atoms with Gasteiger partial charge in [0.05, 0.1) is 9.82 Å². The summed E-state index contributed by atoms with van der Waals surface area (Å²) < 4.78 is 27.9. The molecule has 0 spiro atoms. The molecule has 1 aliphatic heterocycles. The second-order valence-electron chi connectivity index (χ2n) is 11.0. The summed E-state index contributed by atoms with van der Waals surface area (Å²) in [4.78, 5) is 38.9. The average molecular weight is 623 g/mol. The van der Waals surface area contributed by atoms with Gasteiger partial charge in [0, 0.05) is 47.3 Å². The van der Waals surface area contributed by atoms with E-state index in [-0.39, 0.29) is 17.2 Å². The number of benzene rings is 3. The first kappa shape index (κ1) is 31.8. The molecule has 4 rings (SSSR count). The summed E-state index contributed by atoms with van der Waals surface area (Å²) in [5, 5.41) is 14.7. The van der Waals surface area contributed by atoms with Crippen LogP contribution in [0.2, 0.25) is 0 Å². The molecular weight excluding hydrogens is 588 g/mol. The molecule has 0 saturated heterocycles. The Bertz CT molecular complexity index is 1630. The number of nitro groups is 1. The van der Waals surface area contributed by atoms with E-state index in [1.165, 1.54) is 24.3 Å². The number of hydrogen-bond acceptors (Lipinski definition) is 8. The van der Waals surface area contributed by atoms with Crippen molar-refractivity contribution < 1.29 is 22.9 Å². The molecule has 0 unspecified atom stereocenters. The van der Waals surface area contributed by atoms with Crippen LogP contribution in [0.4, 0.5) is 11.4 Å². The molecule has 0 saturated carbocycles. The first-order chi connectivity index (χ1) is 20.3. The minimum Gasteiger partial charge on any atom is -0.379 e. The van der Waals surface area contributed by atoms with Crippen LogP contribution in [0.1, 0.15) is 43.1 Å². The molecular formula is C31H34N4O6S2. The standard InChI is InChI=1S/C31H34N4O6S2/c1-31(2,3)30(37)34-18-15-23(16-19-34)22-9-11-24(12-10-22)29(36)33-43(40,41)26-13-14-27(28(21-26)35(38)39)32-17-20-42-25-7-5-4-6-8-25/h4-15,21,32H,16-20H2,1-3H3,(H,33,36). The summed E-state index contributed by atoms with van der Waals surface area (Å²) in [6.45, 7) is 7.18. The Morgan fingerprint density at radius 1 is 1.02 bits per heavy atom. The maximum Gasteiger partial charge on any atom is 0.293 e. The summed E-state index contributed by atoms with van der Waals surface area (Å²) in [7, 11) is -4.38.